The van der Waals surface area contributed by atoms with E-state index in [0.29, 0.717) is 17.7 Å². The smallest absolute Gasteiger partial charge is 0.274 e. The van der Waals surface area contributed by atoms with Gasteiger partial charge in [0.05, 0.1) is 11.5 Å². The normalized spacial score (nSPS) is 10.2. The molecule has 0 saturated carbocycles. The SMILES string of the molecule is CC(=O)NCc1ccc(C(=O)N(C)Cc2ccccc2[N+](=O)[O-])cc1. The lowest BCUT2D eigenvalue weighted by molar-refractivity contribution is -0.385. The van der Waals surface area contributed by atoms with Gasteiger partial charge in [-0.1, -0.05) is 30.3 Å². The zero-order chi connectivity index (χ0) is 18.4. The molecule has 0 aromatic heterocycles. The molecule has 0 unspecified atom stereocenters. The van der Waals surface area contributed by atoms with E-state index in [9.17, 15) is 19.7 Å². The van der Waals surface area contributed by atoms with E-state index in [0.717, 1.165) is 5.56 Å². The lowest BCUT2D eigenvalue weighted by Crippen LogP contribution is -2.26. The molecule has 0 aliphatic rings. The Hall–Kier alpha value is -3.22. The molecule has 0 heterocycles. The Morgan fingerprint density at radius 3 is 2.36 bits per heavy atom. The summed E-state index contributed by atoms with van der Waals surface area (Å²) in [6.07, 6.45) is 0. The number of carbonyl (C=O) groups is 2. The highest BCUT2D eigenvalue weighted by Crippen LogP contribution is 2.20. The van der Waals surface area contributed by atoms with Crippen molar-refractivity contribution in [1.82, 2.24) is 10.2 Å². The molecule has 0 aliphatic heterocycles. The highest BCUT2D eigenvalue weighted by molar-refractivity contribution is 5.94. The first-order valence-electron chi connectivity index (χ1n) is 7.69. The van der Waals surface area contributed by atoms with E-state index >= 15 is 0 Å². The van der Waals surface area contributed by atoms with Crippen LogP contribution in [0, 0.1) is 10.1 Å². The fourth-order valence-electron chi connectivity index (χ4n) is 2.36. The minimum atomic E-state index is -0.454. The van der Waals surface area contributed by atoms with E-state index in [4.69, 9.17) is 0 Å². The van der Waals surface area contributed by atoms with Gasteiger partial charge in [0.15, 0.2) is 0 Å². The van der Waals surface area contributed by atoms with Crippen LogP contribution in [0.3, 0.4) is 0 Å². The van der Waals surface area contributed by atoms with Gasteiger partial charge >= 0.3 is 0 Å². The Bertz CT molecular complexity index is 787. The number of hydrogen-bond acceptors (Lipinski definition) is 4. The first-order chi connectivity index (χ1) is 11.9. The third kappa shape index (κ3) is 4.87. The van der Waals surface area contributed by atoms with Crippen molar-refractivity contribution in [2.45, 2.75) is 20.0 Å². The fourth-order valence-corrected chi connectivity index (χ4v) is 2.36. The number of amides is 2. The molecular formula is C18H19N3O4. The van der Waals surface area contributed by atoms with Crippen LogP contribution in [0.1, 0.15) is 28.4 Å². The highest BCUT2D eigenvalue weighted by Gasteiger charge is 2.17. The largest absolute Gasteiger partial charge is 0.352 e. The predicted molar refractivity (Wildman–Crippen MR) is 92.9 cm³/mol. The van der Waals surface area contributed by atoms with Gasteiger partial charge in [0.1, 0.15) is 0 Å². The van der Waals surface area contributed by atoms with Gasteiger partial charge in [0.2, 0.25) is 5.91 Å². The molecule has 7 nitrogen and oxygen atoms in total. The van der Waals surface area contributed by atoms with Crippen LogP contribution in [-0.4, -0.2) is 28.7 Å². The van der Waals surface area contributed by atoms with Gasteiger partial charge < -0.3 is 10.2 Å². The predicted octanol–water partition coefficient (Wildman–Crippen LogP) is 2.50. The molecule has 0 fully saturated rings. The van der Waals surface area contributed by atoms with Crippen molar-refractivity contribution < 1.29 is 14.5 Å². The Labute approximate surface area is 145 Å². The Kier molecular flexibility index (Phi) is 5.84. The van der Waals surface area contributed by atoms with Crippen molar-refractivity contribution in [2.75, 3.05) is 7.05 Å². The summed E-state index contributed by atoms with van der Waals surface area (Å²) in [4.78, 5) is 35.4. The number of nitrogens with one attached hydrogen (secondary N) is 1. The molecule has 0 spiro atoms. The second-order valence-electron chi connectivity index (χ2n) is 5.65. The lowest BCUT2D eigenvalue weighted by atomic mass is 10.1. The standard InChI is InChI=1S/C18H19N3O4/c1-13(22)19-11-14-7-9-15(10-8-14)18(23)20(2)12-16-5-3-4-6-17(16)21(24)25/h3-10H,11-12H2,1-2H3,(H,19,22). The van der Waals surface area contributed by atoms with Crippen molar-refractivity contribution in [3.63, 3.8) is 0 Å². The maximum atomic E-state index is 12.5. The number of nitro groups is 1. The first kappa shape index (κ1) is 18.1. The van der Waals surface area contributed by atoms with E-state index in [1.807, 2.05) is 0 Å². The quantitative estimate of drug-likeness (QED) is 0.645. The van der Waals surface area contributed by atoms with Crippen molar-refractivity contribution in [3.05, 3.63) is 75.3 Å². The molecular weight excluding hydrogens is 322 g/mol. The van der Waals surface area contributed by atoms with Crippen LogP contribution in [0.2, 0.25) is 0 Å². The van der Waals surface area contributed by atoms with Crippen LogP contribution in [-0.2, 0) is 17.9 Å². The molecule has 1 N–H and O–H groups in total. The van der Waals surface area contributed by atoms with Gasteiger partial charge in [0.25, 0.3) is 11.6 Å². The topological polar surface area (TPSA) is 92.6 Å². The summed E-state index contributed by atoms with van der Waals surface area (Å²) in [5.41, 5.74) is 1.83. The molecule has 0 saturated heterocycles. The molecule has 2 aromatic carbocycles. The van der Waals surface area contributed by atoms with E-state index in [-0.39, 0.29) is 24.0 Å². The molecule has 2 amide bonds. The van der Waals surface area contributed by atoms with E-state index in [1.165, 1.54) is 17.9 Å². The number of nitrogens with zero attached hydrogens (tertiary/aromatic N) is 2. The number of nitro benzene ring substituents is 1. The Morgan fingerprint density at radius 1 is 1.12 bits per heavy atom. The van der Waals surface area contributed by atoms with Gasteiger partial charge in [-0.25, -0.2) is 0 Å². The summed E-state index contributed by atoms with van der Waals surface area (Å²) in [6.45, 7) is 1.98. The van der Waals surface area contributed by atoms with Gasteiger partial charge in [-0.2, -0.15) is 0 Å². The van der Waals surface area contributed by atoms with E-state index < -0.39 is 4.92 Å². The summed E-state index contributed by atoms with van der Waals surface area (Å²) in [5.74, 6) is -0.353. The molecule has 2 rings (SSSR count). The van der Waals surface area contributed by atoms with Gasteiger partial charge in [-0.3, -0.25) is 19.7 Å². The molecule has 0 atom stereocenters. The molecule has 25 heavy (non-hydrogen) atoms. The van der Waals surface area contributed by atoms with Crippen molar-refractivity contribution in [1.29, 1.82) is 0 Å². The van der Waals surface area contributed by atoms with Gasteiger partial charge in [0, 0.05) is 37.7 Å². The summed E-state index contributed by atoms with van der Waals surface area (Å²) in [7, 11) is 1.60. The first-order valence-corrected chi connectivity index (χ1v) is 7.69. The number of rotatable bonds is 6. The Balaban J connectivity index is 2.07. The van der Waals surface area contributed by atoms with Crippen LogP contribution in [0.5, 0.6) is 0 Å². The summed E-state index contributed by atoms with van der Waals surface area (Å²) < 4.78 is 0. The molecule has 0 radical (unpaired) electrons. The zero-order valence-corrected chi connectivity index (χ0v) is 14.1. The van der Waals surface area contributed by atoms with E-state index in [1.54, 1.807) is 49.5 Å². The average molecular weight is 341 g/mol. The average Bonchev–Trinajstić information content (AvgIpc) is 2.60. The highest BCUT2D eigenvalue weighted by atomic mass is 16.6. The molecule has 0 bridgehead atoms. The second-order valence-corrected chi connectivity index (χ2v) is 5.65. The number of carbonyl (C=O) groups excluding carboxylic acids is 2. The van der Waals surface area contributed by atoms with Crippen molar-refractivity contribution in [3.8, 4) is 0 Å². The monoisotopic (exact) mass is 341 g/mol. The maximum Gasteiger partial charge on any atom is 0.274 e. The molecule has 2 aromatic rings. The van der Waals surface area contributed by atoms with Crippen LogP contribution >= 0.6 is 0 Å². The van der Waals surface area contributed by atoms with Crippen LogP contribution in [0.4, 0.5) is 5.69 Å². The van der Waals surface area contributed by atoms with Crippen LogP contribution in [0.25, 0.3) is 0 Å². The van der Waals surface area contributed by atoms with Crippen LogP contribution in [0.15, 0.2) is 48.5 Å². The molecule has 130 valence electrons. The molecule has 7 heteroatoms. The van der Waals surface area contributed by atoms with Gasteiger partial charge in [-0.05, 0) is 17.7 Å². The third-order valence-corrected chi connectivity index (χ3v) is 3.68. The fraction of sp³-hybridized carbons (Fsp3) is 0.222. The van der Waals surface area contributed by atoms with Gasteiger partial charge in [-0.15, -0.1) is 0 Å². The van der Waals surface area contributed by atoms with E-state index in [2.05, 4.69) is 5.32 Å². The third-order valence-electron chi connectivity index (χ3n) is 3.68. The summed E-state index contributed by atoms with van der Waals surface area (Å²) >= 11 is 0. The van der Waals surface area contributed by atoms with Crippen molar-refractivity contribution >= 4 is 17.5 Å². The summed E-state index contributed by atoms with van der Waals surface area (Å²) in [5, 5.41) is 13.7. The zero-order valence-electron chi connectivity index (χ0n) is 14.1. The minimum absolute atomic E-state index is 0.00666. The lowest BCUT2D eigenvalue weighted by Gasteiger charge is -2.17. The number of hydrogen-bond donors (Lipinski definition) is 1. The van der Waals surface area contributed by atoms with Crippen molar-refractivity contribution in [2.24, 2.45) is 0 Å². The minimum Gasteiger partial charge on any atom is -0.352 e. The molecule has 0 aliphatic carbocycles. The summed E-state index contributed by atoms with van der Waals surface area (Å²) in [6, 6.07) is 13.2. The second kappa shape index (κ2) is 8.05. The number of para-hydroxylation sites is 1. The maximum absolute atomic E-state index is 12.5. The Morgan fingerprint density at radius 2 is 1.76 bits per heavy atom. The number of benzene rings is 2. The van der Waals surface area contributed by atoms with Crippen LogP contribution < -0.4 is 5.32 Å².